The third-order valence-corrected chi connectivity index (χ3v) is 3.86. The van der Waals surface area contributed by atoms with Gasteiger partial charge in [0.1, 0.15) is 5.75 Å². The molecule has 1 fully saturated rings. The highest BCUT2D eigenvalue weighted by Gasteiger charge is 2.33. The summed E-state index contributed by atoms with van der Waals surface area (Å²) in [4.78, 5) is 13.1. The van der Waals surface area contributed by atoms with Gasteiger partial charge in [0.05, 0.1) is 5.75 Å². The van der Waals surface area contributed by atoms with Crippen molar-refractivity contribution in [3.63, 3.8) is 0 Å². The van der Waals surface area contributed by atoms with E-state index in [-0.39, 0.29) is 18.7 Å². The fourth-order valence-electron chi connectivity index (χ4n) is 2.25. The lowest BCUT2D eigenvalue weighted by atomic mass is 10.1. The highest BCUT2D eigenvalue weighted by atomic mass is 32.3. The summed E-state index contributed by atoms with van der Waals surface area (Å²) in [7, 11) is -4.66. The second-order valence-corrected chi connectivity index (χ2v) is 6.07. The van der Waals surface area contributed by atoms with E-state index in [2.05, 4.69) is 4.74 Å². The molecule has 2 rings (SSSR count). The van der Waals surface area contributed by atoms with Crippen LogP contribution in [0.1, 0.15) is 6.42 Å². The van der Waals surface area contributed by atoms with Crippen LogP contribution in [0.15, 0.2) is 24.3 Å². The molecule has 0 radical (unpaired) electrons. The Bertz CT molecular complexity index is 635. The van der Waals surface area contributed by atoms with Crippen LogP contribution in [-0.2, 0) is 15.0 Å². The predicted molar refractivity (Wildman–Crippen MR) is 68.4 cm³/mol. The fourth-order valence-corrected chi connectivity index (χ4v) is 3.04. The van der Waals surface area contributed by atoms with Crippen molar-refractivity contribution in [2.75, 3.05) is 17.2 Å². The zero-order valence-corrected chi connectivity index (χ0v) is 11.5. The van der Waals surface area contributed by atoms with Crippen molar-refractivity contribution in [1.82, 2.24) is 0 Å². The minimum absolute atomic E-state index is 0.0140. The number of carbonyl (C=O) groups excluding carboxylic acids is 1. The van der Waals surface area contributed by atoms with Crippen LogP contribution < -0.4 is 9.64 Å². The molecule has 0 spiro atoms. The Morgan fingerprint density at radius 3 is 2.71 bits per heavy atom. The fraction of sp³-hybridized carbons (Fsp3) is 0.417. The number of hydrogen-bond donors (Lipinski definition) is 0. The van der Waals surface area contributed by atoms with Crippen molar-refractivity contribution in [3.05, 3.63) is 24.3 Å². The third kappa shape index (κ3) is 4.35. The quantitative estimate of drug-likeness (QED) is 0.777. The van der Waals surface area contributed by atoms with Gasteiger partial charge in [0.15, 0.2) is 0 Å². The number of benzene rings is 1. The van der Waals surface area contributed by atoms with E-state index in [1.54, 1.807) is 0 Å². The van der Waals surface area contributed by atoms with Gasteiger partial charge in [0, 0.05) is 30.6 Å². The van der Waals surface area contributed by atoms with E-state index >= 15 is 0 Å². The molecule has 21 heavy (non-hydrogen) atoms. The molecule has 1 aliphatic heterocycles. The number of nitrogens with zero attached hydrogens (tertiary/aromatic N) is 1. The van der Waals surface area contributed by atoms with Crippen LogP contribution in [-0.4, -0.2) is 33.2 Å². The highest BCUT2D eigenvalue weighted by Crippen LogP contribution is 2.29. The lowest BCUT2D eigenvalue weighted by molar-refractivity contribution is -0.117. The van der Waals surface area contributed by atoms with Gasteiger partial charge in [-0.1, -0.05) is 6.07 Å². The first-order valence-corrected chi connectivity index (χ1v) is 7.57. The van der Waals surface area contributed by atoms with Gasteiger partial charge in [-0.15, -0.1) is 3.89 Å². The van der Waals surface area contributed by atoms with E-state index in [0.29, 0.717) is 5.69 Å². The van der Waals surface area contributed by atoms with Gasteiger partial charge in [-0.3, -0.25) is 4.79 Å². The van der Waals surface area contributed by atoms with Crippen LogP contribution in [0.5, 0.6) is 5.75 Å². The van der Waals surface area contributed by atoms with Crippen molar-refractivity contribution in [1.29, 1.82) is 0 Å². The summed E-state index contributed by atoms with van der Waals surface area (Å²) in [5, 5.41) is 0. The number of hydrogen-bond acceptors (Lipinski definition) is 4. The molecule has 1 saturated heterocycles. The first-order chi connectivity index (χ1) is 9.74. The van der Waals surface area contributed by atoms with Gasteiger partial charge in [-0.05, 0) is 12.1 Å². The molecule has 0 aromatic heterocycles. The number of alkyl halides is 2. The molecule has 1 unspecified atom stereocenters. The smallest absolute Gasteiger partial charge is 0.387 e. The van der Waals surface area contributed by atoms with Gasteiger partial charge >= 0.3 is 16.8 Å². The number of carbonyl (C=O) groups is 1. The van der Waals surface area contributed by atoms with Crippen LogP contribution >= 0.6 is 0 Å². The van der Waals surface area contributed by atoms with Crippen LogP contribution in [0.25, 0.3) is 0 Å². The van der Waals surface area contributed by atoms with Crippen molar-refractivity contribution in [3.8, 4) is 5.75 Å². The average Bonchev–Trinajstić information content (AvgIpc) is 2.67. The summed E-state index contributed by atoms with van der Waals surface area (Å²) in [5.74, 6) is -1.90. The van der Waals surface area contributed by atoms with Crippen LogP contribution in [0.3, 0.4) is 0 Å². The van der Waals surface area contributed by atoms with Crippen molar-refractivity contribution >= 4 is 21.8 Å². The largest absolute Gasteiger partial charge is 0.435 e. The maximum atomic E-state index is 12.6. The van der Waals surface area contributed by atoms with E-state index in [0.717, 1.165) is 0 Å². The molecule has 1 amide bonds. The SMILES string of the molecule is O=C1CC(CS(=O)(=O)F)CN1c1cccc(OC(F)F)c1. The molecule has 1 aromatic rings. The molecule has 116 valence electrons. The summed E-state index contributed by atoms with van der Waals surface area (Å²) in [5.41, 5.74) is 0.303. The van der Waals surface area contributed by atoms with Gasteiger partial charge in [0.2, 0.25) is 5.91 Å². The summed E-state index contributed by atoms with van der Waals surface area (Å²) in [6, 6.07) is 5.48. The zero-order chi connectivity index (χ0) is 15.6. The number of anilines is 1. The monoisotopic (exact) mass is 323 g/mol. The maximum Gasteiger partial charge on any atom is 0.387 e. The first kappa shape index (κ1) is 15.6. The van der Waals surface area contributed by atoms with Crippen LogP contribution in [0.4, 0.5) is 18.4 Å². The Balaban J connectivity index is 2.13. The highest BCUT2D eigenvalue weighted by molar-refractivity contribution is 7.86. The van der Waals surface area contributed by atoms with E-state index in [4.69, 9.17) is 0 Å². The van der Waals surface area contributed by atoms with Crippen molar-refractivity contribution in [2.24, 2.45) is 5.92 Å². The molecule has 1 atom stereocenters. The molecule has 0 bridgehead atoms. The summed E-state index contributed by atoms with van der Waals surface area (Å²) in [6.45, 7) is -2.97. The lowest BCUT2D eigenvalue weighted by Crippen LogP contribution is -2.25. The van der Waals surface area contributed by atoms with E-state index in [9.17, 15) is 25.9 Å². The Morgan fingerprint density at radius 1 is 1.38 bits per heavy atom. The molecular formula is C12H12F3NO4S. The van der Waals surface area contributed by atoms with E-state index in [1.165, 1.54) is 29.2 Å². The number of halogens is 3. The molecule has 9 heteroatoms. The molecule has 0 aliphatic carbocycles. The molecule has 1 aromatic carbocycles. The predicted octanol–water partition coefficient (Wildman–Crippen LogP) is 1.94. The molecule has 5 nitrogen and oxygen atoms in total. The van der Waals surface area contributed by atoms with E-state index in [1.807, 2.05) is 0 Å². The zero-order valence-electron chi connectivity index (χ0n) is 10.7. The molecule has 0 N–H and O–H groups in total. The van der Waals surface area contributed by atoms with Gasteiger partial charge in [-0.25, -0.2) is 0 Å². The standard InChI is InChI=1S/C12H12F3NO4S/c13-12(14)20-10-3-1-2-9(5-10)16-6-8(4-11(16)17)7-21(15,18)19/h1-3,5,8,12H,4,6-7H2. The Hall–Kier alpha value is -1.77. The Labute approximate surface area is 119 Å². The number of ether oxygens (including phenoxy) is 1. The maximum absolute atomic E-state index is 12.6. The minimum Gasteiger partial charge on any atom is -0.435 e. The van der Waals surface area contributed by atoms with Gasteiger partial charge in [0.25, 0.3) is 0 Å². The molecular weight excluding hydrogens is 311 g/mol. The Morgan fingerprint density at radius 2 is 2.10 bits per heavy atom. The summed E-state index contributed by atoms with van der Waals surface area (Å²) >= 11 is 0. The molecule has 1 aliphatic rings. The lowest BCUT2D eigenvalue weighted by Gasteiger charge is -2.17. The van der Waals surface area contributed by atoms with Crippen molar-refractivity contribution in [2.45, 2.75) is 13.0 Å². The first-order valence-electron chi connectivity index (χ1n) is 6.02. The van der Waals surface area contributed by atoms with Gasteiger partial charge in [-0.2, -0.15) is 17.2 Å². The molecule has 0 saturated carbocycles. The van der Waals surface area contributed by atoms with E-state index < -0.39 is 34.4 Å². The normalized spacial score (nSPS) is 19.3. The van der Waals surface area contributed by atoms with Gasteiger partial charge < -0.3 is 9.64 Å². The average molecular weight is 323 g/mol. The second kappa shape index (κ2) is 5.92. The Kier molecular flexibility index (Phi) is 4.40. The summed E-state index contributed by atoms with van der Waals surface area (Å²) < 4.78 is 62.4. The third-order valence-electron chi connectivity index (χ3n) is 2.99. The van der Waals surface area contributed by atoms with Crippen molar-refractivity contribution < 1.29 is 30.6 Å². The van der Waals surface area contributed by atoms with Crippen LogP contribution in [0, 0.1) is 5.92 Å². The summed E-state index contributed by atoms with van der Waals surface area (Å²) in [6.07, 6.45) is -0.108. The van der Waals surface area contributed by atoms with Crippen LogP contribution in [0.2, 0.25) is 0 Å². The second-order valence-electron chi connectivity index (χ2n) is 4.66. The topological polar surface area (TPSA) is 63.7 Å². The molecule has 1 heterocycles. The minimum atomic E-state index is -4.66. The number of rotatable bonds is 5. The number of amides is 1.